The molecule has 1 atom stereocenters. The van der Waals surface area contributed by atoms with Crippen molar-refractivity contribution in [3.05, 3.63) is 102 Å². The van der Waals surface area contributed by atoms with Crippen molar-refractivity contribution in [1.29, 1.82) is 0 Å². The minimum Gasteiger partial charge on any atom is -0.493 e. The second kappa shape index (κ2) is 11.8. The Hall–Kier alpha value is -4.04. The number of benzene rings is 2. The van der Waals surface area contributed by atoms with Crippen LogP contribution in [0.1, 0.15) is 40.1 Å². The van der Waals surface area contributed by atoms with E-state index in [1.54, 1.807) is 19.6 Å². The Morgan fingerprint density at radius 2 is 2.05 bits per heavy atom. The first-order valence-electron chi connectivity index (χ1n) is 12.5. The fraction of sp³-hybridized carbons (Fsp3) is 0.310. The summed E-state index contributed by atoms with van der Waals surface area (Å²) in [7, 11) is 1.61. The van der Waals surface area contributed by atoms with Gasteiger partial charge in [-0.1, -0.05) is 18.2 Å². The number of carbonyl (C=O) groups is 1. The number of aromatic nitrogens is 2. The molecule has 0 spiro atoms. The van der Waals surface area contributed by atoms with Crippen molar-refractivity contribution >= 4 is 5.91 Å². The molecule has 0 aliphatic carbocycles. The zero-order chi connectivity index (χ0) is 25.5. The summed E-state index contributed by atoms with van der Waals surface area (Å²) < 4.78 is 24.6. The van der Waals surface area contributed by atoms with Gasteiger partial charge >= 0.3 is 0 Å². The number of methoxy groups -OCH3 is 1. The second-order valence-corrected chi connectivity index (χ2v) is 9.08. The Kier molecular flexibility index (Phi) is 7.86. The molecule has 192 valence electrons. The maximum Gasteiger partial charge on any atom is 0.254 e. The first-order valence-corrected chi connectivity index (χ1v) is 12.5. The Balaban J connectivity index is 1.36. The van der Waals surface area contributed by atoms with Crippen LogP contribution in [-0.2, 0) is 24.4 Å². The van der Waals surface area contributed by atoms with Gasteiger partial charge in [-0.05, 0) is 66.4 Å². The van der Waals surface area contributed by atoms with E-state index < -0.39 is 0 Å². The minimum atomic E-state index is -0.0355. The second-order valence-electron chi connectivity index (χ2n) is 9.08. The molecule has 0 N–H and O–H groups in total. The van der Waals surface area contributed by atoms with Crippen molar-refractivity contribution in [1.82, 2.24) is 14.7 Å². The first-order chi connectivity index (χ1) is 18.2. The summed E-state index contributed by atoms with van der Waals surface area (Å²) in [6.07, 6.45) is 7.27. The van der Waals surface area contributed by atoms with E-state index >= 15 is 0 Å². The maximum atomic E-state index is 13.8. The van der Waals surface area contributed by atoms with Gasteiger partial charge in [0.1, 0.15) is 12.4 Å². The molecule has 0 bridgehead atoms. The predicted octanol–water partition coefficient (Wildman–Crippen LogP) is 4.93. The number of furan rings is 1. The van der Waals surface area contributed by atoms with E-state index in [2.05, 4.69) is 5.10 Å². The van der Waals surface area contributed by atoms with Crippen molar-refractivity contribution in [2.24, 2.45) is 0 Å². The summed E-state index contributed by atoms with van der Waals surface area (Å²) in [5.74, 6) is 1.91. The van der Waals surface area contributed by atoms with Gasteiger partial charge in [-0.25, -0.2) is 0 Å². The smallest absolute Gasteiger partial charge is 0.254 e. The number of nitrogens with zero attached hydrogens (tertiary/aromatic N) is 3. The van der Waals surface area contributed by atoms with Crippen molar-refractivity contribution in [3.8, 4) is 11.5 Å². The van der Waals surface area contributed by atoms with Crippen LogP contribution in [0, 0.1) is 0 Å². The Bertz CT molecular complexity index is 1280. The van der Waals surface area contributed by atoms with Crippen LogP contribution in [0.4, 0.5) is 0 Å². The zero-order valence-corrected chi connectivity index (χ0v) is 20.9. The molecule has 5 rings (SSSR count). The van der Waals surface area contributed by atoms with Crippen LogP contribution in [0.3, 0.4) is 0 Å². The van der Waals surface area contributed by atoms with Crippen molar-refractivity contribution in [3.63, 3.8) is 0 Å². The van der Waals surface area contributed by atoms with Crippen molar-refractivity contribution in [2.75, 3.05) is 20.3 Å². The fourth-order valence-corrected chi connectivity index (χ4v) is 4.52. The molecule has 1 amide bonds. The van der Waals surface area contributed by atoms with Gasteiger partial charge in [0, 0.05) is 37.7 Å². The Morgan fingerprint density at radius 1 is 1.11 bits per heavy atom. The van der Waals surface area contributed by atoms with E-state index in [9.17, 15) is 4.79 Å². The molecule has 1 saturated heterocycles. The molecule has 8 nitrogen and oxygen atoms in total. The number of carbonyl (C=O) groups excluding carboxylic acids is 1. The zero-order valence-electron chi connectivity index (χ0n) is 20.9. The summed E-state index contributed by atoms with van der Waals surface area (Å²) in [6, 6.07) is 19.1. The summed E-state index contributed by atoms with van der Waals surface area (Å²) >= 11 is 0. The maximum absolute atomic E-state index is 13.8. The topological polar surface area (TPSA) is 79.0 Å². The lowest BCUT2D eigenvalue weighted by Crippen LogP contribution is -2.37. The molecule has 2 aromatic carbocycles. The third-order valence-corrected chi connectivity index (χ3v) is 6.36. The lowest BCUT2D eigenvalue weighted by Gasteiger charge is -2.26. The van der Waals surface area contributed by atoms with Crippen LogP contribution in [-0.4, -0.2) is 47.0 Å². The van der Waals surface area contributed by atoms with Crippen LogP contribution in [0.25, 0.3) is 0 Å². The number of amides is 1. The average Bonchev–Trinajstić information content (AvgIpc) is 3.72. The molecular formula is C29H31N3O5. The van der Waals surface area contributed by atoms with Gasteiger partial charge in [-0.15, -0.1) is 0 Å². The minimum absolute atomic E-state index is 0.0316. The number of rotatable bonds is 11. The lowest BCUT2D eigenvalue weighted by atomic mass is 10.1. The van der Waals surface area contributed by atoms with E-state index in [4.69, 9.17) is 18.6 Å². The molecule has 0 saturated carbocycles. The highest BCUT2D eigenvalue weighted by Crippen LogP contribution is 2.30. The molecule has 1 aliphatic heterocycles. The predicted molar refractivity (Wildman–Crippen MR) is 138 cm³/mol. The van der Waals surface area contributed by atoms with Crippen molar-refractivity contribution < 1.29 is 23.4 Å². The standard InChI is InChI=1S/C29H31N3O5/c1-34-27-11-10-23(17-28(27)37-21-26-9-4-15-36-26)18-31(20-25-8-3-14-35-25)29(33)24-7-2-6-22(16-24)19-32-13-5-12-30-32/h2,4-7,9-13,15-17,25H,3,8,14,18-21H2,1H3. The third-order valence-electron chi connectivity index (χ3n) is 6.36. The van der Waals surface area contributed by atoms with Gasteiger partial charge in [0.15, 0.2) is 11.5 Å². The monoisotopic (exact) mass is 501 g/mol. The van der Waals surface area contributed by atoms with Gasteiger partial charge < -0.3 is 23.5 Å². The average molecular weight is 502 g/mol. The summed E-state index contributed by atoms with van der Waals surface area (Å²) in [4.78, 5) is 15.6. The third kappa shape index (κ3) is 6.40. The molecule has 1 unspecified atom stereocenters. The summed E-state index contributed by atoms with van der Waals surface area (Å²) in [5.41, 5.74) is 2.60. The Morgan fingerprint density at radius 3 is 2.81 bits per heavy atom. The summed E-state index contributed by atoms with van der Waals surface area (Å²) in [5, 5.41) is 4.28. The Labute approximate surface area is 216 Å². The van der Waals surface area contributed by atoms with E-state index in [1.165, 1.54) is 0 Å². The van der Waals surface area contributed by atoms with E-state index in [0.717, 1.165) is 36.3 Å². The van der Waals surface area contributed by atoms with Crippen LogP contribution in [0.5, 0.6) is 11.5 Å². The van der Waals surface area contributed by atoms with Crippen LogP contribution in [0.2, 0.25) is 0 Å². The molecule has 1 fully saturated rings. The molecular weight excluding hydrogens is 470 g/mol. The van der Waals surface area contributed by atoms with Crippen LogP contribution < -0.4 is 9.47 Å². The molecule has 8 heteroatoms. The quantitative estimate of drug-likeness (QED) is 0.290. The first kappa shape index (κ1) is 24.6. The largest absolute Gasteiger partial charge is 0.493 e. The molecule has 2 aromatic heterocycles. The van der Waals surface area contributed by atoms with Crippen LogP contribution >= 0.6 is 0 Å². The highest BCUT2D eigenvalue weighted by Gasteiger charge is 2.24. The molecule has 0 radical (unpaired) electrons. The lowest BCUT2D eigenvalue weighted by molar-refractivity contribution is 0.0507. The van der Waals surface area contributed by atoms with E-state index in [0.29, 0.717) is 36.7 Å². The molecule has 1 aliphatic rings. The van der Waals surface area contributed by atoms with Gasteiger partial charge in [-0.3, -0.25) is 9.48 Å². The molecule has 4 aromatic rings. The molecule has 3 heterocycles. The highest BCUT2D eigenvalue weighted by atomic mass is 16.5. The SMILES string of the molecule is COc1ccc(CN(CC2CCCO2)C(=O)c2cccc(Cn3cccn3)c2)cc1OCc1ccco1. The number of hydrogen-bond donors (Lipinski definition) is 0. The van der Waals surface area contributed by atoms with E-state index in [-0.39, 0.29) is 18.6 Å². The normalized spacial score (nSPS) is 15.0. The van der Waals surface area contributed by atoms with Crippen LogP contribution in [0.15, 0.2) is 83.7 Å². The van der Waals surface area contributed by atoms with E-state index in [1.807, 2.05) is 76.4 Å². The van der Waals surface area contributed by atoms with Gasteiger partial charge in [0.25, 0.3) is 5.91 Å². The highest BCUT2D eigenvalue weighted by molar-refractivity contribution is 5.94. The fourth-order valence-electron chi connectivity index (χ4n) is 4.52. The van der Waals surface area contributed by atoms with Gasteiger partial charge in [0.05, 0.1) is 26.0 Å². The summed E-state index contributed by atoms with van der Waals surface area (Å²) in [6.45, 7) is 2.57. The van der Waals surface area contributed by atoms with Gasteiger partial charge in [0.2, 0.25) is 0 Å². The van der Waals surface area contributed by atoms with Gasteiger partial charge in [-0.2, -0.15) is 5.10 Å². The number of hydrogen-bond acceptors (Lipinski definition) is 6. The number of ether oxygens (including phenoxy) is 3. The van der Waals surface area contributed by atoms with Crippen molar-refractivity contribution in [2.45, 2.75) is 38.6 Å². The molecule has 37 heavy (non-hydrogen) atoms.